The number of carbonyl (C=O) groups is 1. The standard InChI is InChI=1S/C21H27NO6S/c1-3-29(25,26)28-19-12-8-16(9-13-19)5-4-14-22-18-10-6-17(7-11-18)15-20(27-2)21(23)24/h6-13,20,22H,3-5,14-15H2,1-2H3,(H,23,24). The van der Waals surface area contributed by atoms with E-state index in [1.165, 1.54) is 14.0 Å². The van der Waals surface area contributed by atoms with E-state index in [0.717, 1.165) is 36.2 Å². The Labute approximate surface area is 171 Å². The van der Waals surface area contributed by atoms with Crippen molar-refractivity contribution in [3.63, 3.8) is 0 Å². The quantitative estimate of drug-likeness (QED) is 0.401. The maximum Gasteiger partial charge on any atom is 0.333 e. The summed E-state index contributed by atoms with van der Waals surface area (Å²) >= 11 is 0. The first-order valence-electron chi connectivity index (χ1n) is 9.42. The summed E-state index contributed by atoms with van der Waals surface area (Å²) in [6.07, 6.45) is 1.23. The molecule has 0 spiro atoms. The molecule has 2 rings (SSSR count). The molecule has 2 aromatic rings. The summed E-state index contributed by atoms with van der Waals surface area (Å²) in [4.78, 5) is 11.0. The number of hydrogen-bond donors (Lipinski definition) is 2. The fraction of sp³-hybridized carbons (Fsp3) is 0.381. The van der Waals surface area contributed by atoms with Crippen molar-refractivity contribution in [1.29, 1.82) is 0 Å². The van der Waals surface area contributed by atoms with Crippen LogP contribution in [0.15, 0.2) is 48.5 Å². The van der Waals surface area contributed by atoms with Gasteiger partial charge >= 0.3 is 16.1 Å². The SMILES string of the molecule is CCS(=O)(=O)Oc1ccc(CCCNc2ccc(CC(OC)C(=O)O)cc2)cc1. The van der Waals surface area contributed by atoms with Crippen molar-refractivity contribution >= 4 is 21.8 Å². The molecule has 0 saturated carbocycles. The van der Waals surface area contributed by atoms with Crippen molar-refractivity contribution < 1.29 is 27.2 Å². The minimum atomic E-state index is -3.50. The second-order valence-corrected chi connectivity index (χ2v) is 8.43. The Kier molecular flexibility index (Phi) is 8.48. The first kappa shape index (κ1) is 22.7. The van der Waals surface area contributed by atoms with E-state index in [4.69, 9.17) is 14.0 Å². The van der Waals surface area contributed by atoms with Gasteiger partial charge in [-0.15, -0.1) is 0 Å². The Morgan fingerprint density at radius 1 is 1.07 bits per heavy atom. The summed E-state index contributed by atoms with van der Waals surface area (Å²) in [5.41, 5.74) is 2.96. The third-order valence-corrected chi connectivity index (χ3v) is 5.56. The molecule has 2 aromatic carbocycles. The number of nitrogens with one attached hydrogen (secondary N) is 1. The maximum atomic E-state index is 11.5. The number of ether oxygens (including phenoxy) is 1. The number of hydrogen-bond acceptors (Lipinski definition) is 6. The number of anilines is 1. The van der Waals surface area contributed by atoms with Crippen LogP contribution in [0, 0.1) is 0 Å². The number of carboxylic acid groups (broad SMARTS) is 1. The summed E-state index contributed by atoms with van der Waals surface area (Å²) in [5.74, 6) is -0.706. The van der Waals surface area contributed by atoms with Gasteiger partial charge in [-0.1, -0.05) is 24.3 Å². The van der Waals surface area contributed by atoms with E-state index >= 15 is 0 Å². The van der Waals surface area contributed by atoms with Crippen LogP contribution < -0.4 is 9.50 Å². The van der Waals surface area contributed by atoms with Crippen molar-refractivity contribution in [3.05, 3.63) is 59.7 Å². The predicted octanol–water partition coefficient (Wildman–Crippen LogP) is 3.10. The van der Waals surface area contributed by atoms with Gasteiger partial charge in [0.05, 0.1) is 5.75 Å². The number of aliphatic carboxylic acids is 1. The smallest absolute Gasteiger partial charge is 0.333 e. The number of carboxylic acids is 1. The lowest BCUT2D eigenvalue weighted by Crippen LogP contribution is -2.24. The van der Waals surface area contributed by atoms with E-state index in [1.807, 2.05) is 36.4 Å². The van der Waals surface area contributed by atoms with Gasteiger partial charge in [-0.25, -0.2) is 4.79 Å². The largest absolute Gasteiger partial charge is 0.479 e. The Hall–Kier alpha value is -2.58. The van der Waals surface area contributed by atoms with Gasteiger partial charge in [-0.2, -0.15) is 8.42 Å². The van der Waals surface area contributed by atoms with Gasteiger partial charge in [0.25, 0.3) is 0 Å². The lowest BCUT2D eigenvalue weighted by molar-refractivity contribution is -0.148. The minimum absolute atomic E-state index is 0.0616. The summed E-state index contributed by atoms with van der Waals surface area (Å²) in [5, 5.41) is 12.4. The normalized spacial score (nSPS) is 12.3. The summed E-state index contributed by atoms with van der Waals surface area (Å²) in [6.45, 7) is 2.31. The van der Waals surface area contributed by atoms with E-state index in [1.54, 1.807) is 12.1 Å². The van der Waals surface area contributed by atoms with Crippen molar-refractivity contribution in [2.24, 2.45) is 0 Å². The summed E-state index contributed by atoms with van der Waals surface area (Å²) in [7, 11) is -2.11. The molecule has 0 saturated heterocycles. The molecule has 7 nitrogen and oxygen atoms in total. The van der Waals surface area contributed by atoms with Crippen LogP contribution in [0.3, 0.4) is 0 Å². The highest BCUT2D eigenvalue weighted by Crippen LogP contribution is 2.16. The van der Waals surface area contributed by atoms with E-state index < -0.39 is 22.2 Å². The zero-order valence-corrected chi connectivity index (χ0v) is 17.4. The minimum Gasteiger partial charge on any atom is -0.479 e. The predicted molar refractivity (Wildman–Crippen MR) is 112 cm³/mol. The molecule has 0 aliphatic heterocycles. The lowest BCUT2D eigenvalue weighted by Gasteiger charge is -2.11. The molecule has 0 bridgehead atoms. The summed E-state index contributed by atoms with van der Waals surface area (Å²) in [6, 6.07) is 14.7. The maximum absolute atomic E-state index is 11.5. The monoisotopic (exact) mass is 421 g/mol. The van der Waals surface area contributed by atoms with Gasteiger partial charge in [0, 0.05) is 25.8 Å². The zero-order chi connectivity index (χ0) is 21.3. The van der Waals surface area contributed by atoms with E-state index in [-0.39, 0.29) is 5.75 Å². The Morgan fingerprint density at radius 3 is 2.24 bits per heavy atom. The third-order valence-electron chi connectivity index (χ3n) is 4.41. The number of rotatable bonds is 12. The van der Waals surface area contributed by atoms with Gasteiger partial charge < -0.3 is 19.3 Å². The van der Waals surface area contributed by atoms with Crippen LogP contribution in [-0.4, -0.2) is 45.0 Å². The van der Waals surface area contributed by atoms with Gasteiger partial charge in [-0.3, -0.25) is 0 Å². The molecule has 1 unspecified atom stereocenters. The number of aryl methyl sites for hydroxylation is 1. The zero-order valence-electron chi connectivity index (χ0n) is 16.6. The fourth-order valence-electron chi connectivity index (χ4n) is 2.69. The van der Waals surface area contributed by atoms with Crippen molar-refractivity contribution in [3.8, 4) is 5.75 Å². The summed E-state index contributed by atoms with van der Waals surface area (Å²) < 4.78 is 32.8. The first-order chi connectivity index (χ1) is 13.8. The fourth-order valence-corrected chi connectivity index (χ4v) is 3.21. The molecule has 0 aliphatic carbocycles. The van der Waals surface area contributed by atoms with Crippen molar-refractivity contribution in [2.75, 3.05) is 24.7 Å². The molecule has 0 amide bonds. The van der Waals surface area contributed by atoms with Gasteiger partial charge in [0.15, 0.2) is 6.10 Å². The van der Waals surface area contributed by atoms with Crippen LogP contribution >= 0.6 is 0 Å². The van der Waals surface area contributed by atoms with Crippen molar-refractivity contribution in [1.82, 2.24) is 0 Å². The molecule has 2 N–H and O–H groups in total. The third kappa shape index (κ3) is 7.75. The van der Waals surface area contributed by atoms with Gasteiger partial charge in [-0.05, 0) is 55.2 Å². The van der Waals surface area contributed by atoms with E-state index in [9.17, 15) is 13.2 Å². The van der Waals surface area contributed by atoms with E-state index in [2.05, 4.69) is 5.32 Å². The molecule has 29 heavy (non-hydrogen) atoms. The van der Waals surface area contributed by atoms with Crippen LogP contribution in [0.5, 0.6) is 5.75 Å². The number of methoxy groups -OCH3 is 1. The molecular weight excluding hydrogens is 394 g/mol. The average molecular weight is 422 g/mol. The average Bonchev–Trinajstić information content (AvgIpc) is 2.71. The molecule has 0 heterocycles. The Morgan fingerprint density at radius 2 is 1.69 bits per heavy atom. The topological polar surface area (TPSA) is 102 Å². The highest BCUT2D eigenvalue weighted by atomic mass is 32.2. The first-order valence-corrected chi connectivity index (χ1v) is 11.0. The molecule has 0 aliphatic rings. The molecular formula is C21H27NO6S. The molecule has 0 radical (unpaired) electrons. The van der Waals surface area contributed by atoms with Gasteiger partial charge in [0.2, 0.25) is 0 Å². The molecule has 158 valence electrons. The molecule has 8 heteroatoms. The Bertz CT molecular complexity index is 878. The van der Waals surface area contributed by atoms with Crippen LogP contribution in [0.1, 0.15) is 24.5 Å². The van der Waals surface area contributed by atoms with Gasteiger partial charge in [0.1, 0.15) is 5.75 Å². The number of benzene rings is 2. The molecule has 0 fully saturated rings. The highest BCUT2D eigenvalue weighted by Gasteiger charge is 2.16. The highest BCUT2D eigenvalue weighted by molar-refractivity contribution is 7.87. The van der Waals surface area contributed by atoms with E-state index in [0.29, 0.717) is 12.2 Å². The van der Waals surface area contributed by atoms with Crippen LogP contribution in [0.4, 0.5) is 5.69 Å². The molecule has 1 atom stereocenters. The molecule has 0 aromatic heterocycles. The van der Waals surface area contributed by atoms with Crippen LogP contribution in [0.25, 0.3) is 0 Å². The second kappa shape index (κ2) is 10.8. The van der Waals surface area contributed by atoms with Crippen LogP contribution in [0.2, 0.25) is 0 Å². The lowest BCUT2D eigenvalue weighted by atomic mass is 10.1. The van der Waals surface area contributed by atoms with Crippen LogP contribution in [-0.2, 0) is 32.5 Å². The Balaban J connectivity index is 1.75. The van der Waals surface area contributed by atoms with Crippen molar-refractivity contribution in [2.45, 2.75) is 32.3 Å². The second-order valence-electron chi connectivity index (χ2n) is 6.57.